The molecule has 1 rings (SSSR count). The van der Waals surface area contributed by atoms with Crippen LogP contribution >= 0.6 is 0 Å². The van der Waals surface area contributed by atoms with Crippen LogP contribution in [0.1, 0.15) is 19.3 Å². The summed E-state index contributed by atoms with van der Waals surface area (Å²) in [6, 6.07) is 0. The highest BCUT2D eigenvalue weighted by Gasteiger charge is 2.17. The second kappa shape index (κ2) is 4.88. The van der Waals surface area contributed by atoms with Crippen molar-refractivity contribution in [3.05, 3.63) is 24.8 Å². The minimum atomic E-state index is 0.221. The fourth-order valence-corrected chi connectivity index (χ4v) is 1.20. The Morgan fingerprint density at radius 3 is 3.08 bits per heavy atom. The van der Waals surface area contributed by atoms with Gasteiger partial charge >= 0.3 is 0 Å². The Bertz CT molecular complexity index is 184. The second-order valence-electron chi connectivity index (χ2n) is 2.91. The quantitative estimate of drug-likeness (QED) is 0.598. The molecule has 2 heteroatoms. The lowest BCUT2D eigenvalue weighted by molar-refractivity contribution is -0.131. The average molecular weight is 166 g/mol. The monoisotopic (exact) mass is 166 g/mol. The molecule has 0 radical (unpaired) electrons. The molecule has 0 aliphatic carbocycles. The van der Waals surface area contributed by atoms with Crippen molar-refractivity contribution in [2.75, 3.05) is 6.61 Å². The Labute approximate surface area is 72.9 Å². The zero-order valence-corrected chi connectivity index (χ0v) is 7.16. The zero-order chi connectivity index (χ0) is 8.81. The maximum absolute atomic E-state index is 10.8. The van der Waals surface area contributed by atoms with Crippen LogP contribution in [0, 0.1) is 0 Å². The number of rotatable bonds is 3. The van der Waals surface area contributed by atoms with E-state index >= 15 is 0 Å². The molecule has 1 aliphatic rings. The Balaban J connectivity index is 2.21. The number of ketones is 1. The highest BCUT2D eigenvalue weighted by molar-refractivity contribution is 5.80. The summed E-state index contributed by atoms with van der Waals surface area (Å²) in [5.41, 5.74) is 0. The van der Waals surface area contributed by atoms with Gasteiger partial charge in [-0.1, -0.05) is 24.8 Å². The van der Waals surface area contributed by atoms with Crippen molar-refractivity contribution in [2.45, 2.75) is 25.4 Å². The summed E-state index contributed by atoms with van der Waals surface area (Å²) in [4.78, 5) is 10.8. The Hall–Kier alpha value is -0.890. The van der Waals surface area contributed by atoms with Gasteiger partial charge in [0.05, 0.1) is 6.10 Å². The van der Waals surface area contributed by atoms with Gasteiger partial charge in [0.25, 0.3) is 0 Å². The molecule has 0 amide bonds. The molecule has 12 heavy (non-hydrogen) atoms. The standard InChI is InChI=1S/C10H14O2/c1-2-3-4-5-10-7-6-9(11)8-12-10/h2-4,10H,1,5-8H2/b4-3+/t10-/m0/s1. The first-order valence-corrected chi connectivity index (χ1v) is 4.24. The van der Waals surface area contributed by atoms with Gasteiger partial charge in [-0.2, -0.15) is 0 Å². The molecule has 66 valence electrons. The van der Waals surface area contributed by atoms with Gasteiger partial charge in [0.1, 0.15) is 6.61 Å². The van der Waals surface area contributed by atoms with Gasteiger partial charge in [0, 0.05) is 6.42 Å². The van der Waals surface area contributed by atoms with E-state index in [-0.39, 0.29) is 11.9 Å². The van der Waals surface area contributed by atoms with Crippen LogP contribution in [0.25, 0.3) is 0 Å². The van der Waals surface area contributed by atoms with E-state index < -0.39 is 0 Å². The first-order chi connectivity index (χ1) is 5.83. The predicted octanol–water partition coefficient (Wildman–Crippen LogP) is 1.87. The third-order valence-electron chi connectivity index (χ3n) is 1.90. The molecule has 0 N–H and O–H groups in total. The first kappa shape index (κ1) is 9.20. The van der Waals surface area contributed by atoms with Gasteiger partial charge in [-0.25, -0.2) is 0 Å². The summed E-state index contributed by atoms with van der Waals surface area (Å²) in [5.74, 6) is 0.221. The molecule has 0 unspecified atom stereocenters. The summed E-state index contributed by atoms with van der Waals surface area (Å²) in [6.07, 6.45) is 8.33. The van der Waals surface area contributed by atoms with E-state index in [4.69, 9.17) is 4.74 Å². The zero-order valence-electron chi connectivity index (χ0n) is 7.16. The van der Waals surface area contributed by atoms with Gasteiger partial charge in [0.15, 0.2) is 5.78 Å². The minimum absolute atomic E-state index is 0.221. The maximum atomic E-state index is 10.8. The van der Waals surface area contributed by atoms with E-state index in [9.17, 15) is 4.79 Å². The van der Waals surface area contributed by atoms with Crippen molar-refractivity contribution in [2.24, 2.45) is 0 Å². The molecular formula is C10H14O2. The van der Waals surface area contributed by atoms with Crippen LogP contribution in [0.15, 0.2) is 24.8 Å². The number of hydrogen-bond donors (Lipinski definition) is 0. The molecule has 1 heterocycles. The van der Waals surface area contributed by atoms with E-state index in [1.807, 2.05) is 12.2 Å². The highest BCUT2D eigenvalue weighted by Crippen LogP contribution is 2.13. The van der Waals surface area contributed by atoms with Gasteiger partial charge in [0.2, 0.25) is 0 Å². The molecule has 2 nitrogen and oxygen atoms in total. The molecule has 0 aromatic carbocycles. The van der Waals surface area contributed by atoms with Crippen LogP contribution in [-0.4, -0.2) is 18.5 Å². The third kappa shape index (κ3) is 3.01. The van der Waals surface area contributed by atoms with E-state index in [0.717, 1.165) is 12.8 Å². The molecule has 1 aliphatic heterocycles. The Morgan fingerprint density at radius 1 is 1.67 bits per heavy atom. The summed E-state index contributed by atoms with van der Waals surface area (Å²) in [5, 5.41) is 0. The number of allylic oxidation sites excluding steroid dienone is 2. The van der Waals surface area contributed by atoms with E-state index in [0.29, 0.717) is 13.0 Å². The summed E-state index contributed by atoms with van der Waals surface area (Å²) >= 11 is 0. The fraction of sp³-hybridized carbons (Fsp3) is 0.500. The summed E-state index contributed by atoms with van der Waals surface area (Å²) in [6.45, 7) is 3.87. The lowest BCUT2D eigenvalue weighted by Gasteiger charge is -2.20. The van der Waals surface area contributed by atoms with Crippen molar-refractivity contribution >= 4 is 5.78 Å². The predicted molar refractivity (Wildman–Crippen MR) is 47.9 cm³/mol. The molecule has 1 atom stereocenters. The smallest absolute Gasteiger partial charge is 0.158 e. The molecule has 0 aromatic heterocycles. The molecule has 0 bridgehead atoms. The largest absolute Gasteiger partial charge is 0.370 e. The van der Waals surface area contributed by atoms with Crippen molar-refractivity contribution in [3.8, 4) is 0 Å². The number of carbonyl (C=O) groups excluding carboxylic acids is 1. The first-order valence-electron chi connectivity index (χ1n) is 4.24. The lowest BCUT2D eigenvalue weighted by Crippen LogP contribution is -2.25. The molecular weight excluding hydrogens is 152 g/mol. The van der Waals surface area contributed by atoms with Gasteiger partial charge in [-0.3, -0.25) is 4.79 Å². The highest BCUT2D eigenvalue weighted by atomic mass is 16.5. The second-order valence-corrected chi connectivity index (χ2v) is 2.91. The van der Waals surface area contributed by atoms with E-state index in [2.05, 4.69) is 6.58 Å². The van der Waals surface area contributed by atoms with Crippen molar-refractivity contribution in [3.63, 3.8) is 0 Å². The molecule has 0 spiro atoms. The Kier molecular flexibility index (Phi) is 3.74. The minimum Gasteiger partial charge on any atom is -0.370 e. The third-order valence-corrected chi connectivity index (χ3v) is 1.90. The van der Waals surface area contributed by atoms with Crippen LogP contribution < -0.4 is 0 Å². The summed E-state index contributed by atoms with van der Waals surface area (Å²) < 4.78 is 5.30. The maximum Gasteiger partial charge on any atom is 0.158 e. The molecule has 0 saturated carbocycles. The van der Waals surface area contributed by atoms with Gasteiger partial charge in [-0.15, -0.1) is 0 Å². The van der Waals surface area contributed by atoms with Gasteiger partial charge < -0.3 is 4.74 Å². The molecule has 1 fully saturated rings. The van der Waals surface area contributed by atoms with Crippen LogP contribution in [-0.2, 0) is 9.53 Å². The SMILES string of the molecule is C=C/C=C/C[C@H]1CCC(=O)CO1. The summed E-state index contributed by atoms with van der Waals surface area (Å²) in [7, 11) is 0. The Morgan fingerprint density at radius 2 is 2.50 bits per heavy atom. The van der Waals surface area contributed by atoms with Crippen LogP contribution in [0.4, 0.5) is 0 Å². The van der Waals surface area contributed by atoms with E-state index in [1.54, 1.807) is 6.08 Å². The van der Waals surface area contributed by atoms with Gasteiger partial charge in [-0.05, 0) is 12.8 Å². The number of hydrogen-bond acceptors (Lipinski definition) is 2. The molecule has 1 saturated heterocycles. The van der Waals surface area contributed by atoms with Crippen molar-refractivity contribution in [1.82, 2.24) is 0 Å². The number of carbonyl (C=O) groups is 1. The topological polar surface area (TPSA) is 26.3 Å². The lowest BCUT2D eigenvalue weighted by atomic mass is 10.1. The van der Waals surface area contributed by atoms with Crippen LogP contribution in [0.5, 0.6) is 0 Å². The van der Waals surface area contributed by atoms with Crippen LogP contribution in [0.3, 0.4) is 0 Å². The number of ether oxygens (including phenoxy) is 1. The average Bonchev–Trinajstić information content (AvgIpc) is 2.09. The van der Waals surface area contributed by atoms with Crippen molar-refractivity contribution < 1.29 is 9.53 Å². The fourth-order valence-electron chi connectivity index (χ4n) is 1.20. The van der Waals surface area contributed by atoms with E-state index in [1.165, 1.54) is 0 Å². The normalized spacial score (nSPS) is 24.7. The molecule has 0 aromatic rings. The van der Waals surface area contributed by atoms with Crippen LogP contribution in [0.2, 0.25) is 0 Å². The number of Topliss-reactive ketones (excluding diaryl/α,β-unsaturated/α-hetero) is 1. The van der Waals surface area contributed by atoms with Crippen molar-refractivity contribution in [1.29, 1.82) is 0 Å².